The molecule has 0 spiro atoms. The molecular formula is C21H27N3O4S. The van der Waals surface area contributed by atoms with E-state index in [2.05, 4.69) is 15.5 Å². The van der Waals surface area contributed by atoms with Crippen LogP contribution in [0.1, 0.15) is 39.0 Å². The molecule has 0 unspecified atom stereocenters. The third kappa shape index (κ3) is 7.95. The van der Waals surface area contributed by atoms with Crippen molar-refractivity contribution in [3.8, 4) is 11.5 Å². The summed E-state index contributed by atoms with van der Waals surface area (Å²) in [6.45, 7) is 9.16. The molecule has 0 radical (unpaired) electrons. The first-order valence-corrected chi connectivity index (χ1v) is 10.3. The van der Waals surface area contributed by atoms with Gasteiger partial charge in [-0.25, -0.2) is 4.98 Å². The molecule has 1 aromatic carbocycles. The Bertz CT molecular complexity index is 857. The molecule has 0 aliphatic carbocycles. The molecule has 0 fully saturated rings. The van der Waals surface area contributed by atoms with Crippen molar-refractivity contribution >= 4 is 28.7 Å². The summed E-state index contributed by atoms with van der Waals surface area (Å²) in [5.74, 6) is 1.07. The Balaban J connectivity index is 1.97. The van der Waals surface area contributed by atoms with Gasteiger partial charge in [0.2, 0.25) is 5.13 Å². The van der Waals surface area contributed by atoms with Gasteiger partial charge in [0.25, 0.3) is 0 Å². The van der Waals surface area contributed by atoms with E-state index in [9.17, 15) is 4.79 Å². The zero-order valence-electron chi connectivity index (χ0n) is 17.2. The minimum absolute atomic E-state index is 0.154. The standard InChI is InChI=1S/C21H27N3O4S/c1-5-26-19-11-16(7-8-18(19)28-10-9-15(3)4)13-22-24-21-23-17(14-29-21)12-20(25)27-6-2/h7-9,11,13-14H,5-6,10,12H2,1-4H3,(H,23,24). The van der Waals surface area contributed by atoms with Crippen molar-refractivity contribution < 1.29 is 19.0 Å². The third-order valence-corrected chi connectivity index (χ3v) is 4.35. The van der Waals surface area contributed by atoms with Crippen molar-refractivity contribution in [1.29, 1.82) is 0 Å². The van der Waals surface area contributed by atoms with Crippen LogP contribution in [0, 0.1) is 0 Å². The smallest absolute Gasteiger partial charge is 0.311 e. The molecule has 1 aromatic heterocycles. The normalized spacial score (nSPS) is 10.6. The second-order valence-electron chi connectivity index (χ2n) is 6.23. The highest BCUT2D eigenvalue weighted by atomic mass is 32.1. The van der Waals surface area contributed by atoms with Crippen LogP contribution in [0.15, 0.2) is 40.3 Å². The van der Waals surface area contributed by atoms with Gasteiger partial charge < -0.3 is 14.2 Å². The molecule has 0 bridgehead atoms. The maximum Gasteiger partial charge on any atom is 0.311 e. The van der Waals surface area contributed by atoms with Crippen LogP contribution in [-0.2, 0) is 16.0 Å². The van der Waals surface area contributed by atoms with E-state index >= 15 is 0 Å². The first kappa shape index (κ1) is 22.4. The monoisotopic (exact) mass is 417 g/mol. The van der Waals surface area contributed by atoms with Gasteiger partial charge >= 0.3 is 5.97 Å². The molecule has 1 heterocycles. The van der Waals surface area contributed by atoms with Crippen LogP contribution in [-0.4, -0.2) is 37.0 Å². The van der Waals surface area contributed by atoms with E-state index in [0.29, 0.717) is 42.1 Å². The van der Waals surface area contributed by atoms with Crippen molar-refractivity contribution in [2.45, 2.75) is 34.1 Å². The highest BCUT2D eigenvalue weighted by molar-refractivity contribution is 7.13. The van der Waals surface area contributed by atoms with Crippen molar-refractivity contribution in [3.63, 3.8) is 0 Å². The highest BCUT2D eigenvalue weighted by Crippen LogP contribution is 2.28. The summed E-state index contributed by atoms with van der Waals surface area (Å²) in [6, 6.07) is 5.65. The van der Waals surface area contributed by atoms with E-state index in [1.807, 2.05) is 45.0 Å². The number of aromatic nitrogens is 1. The molecule has 8 heteroatoms. The molecule has 156 valence electrons. The van der Waals surface area contributed by atoms with E-state index in [4.69, 9.17) is 14.2 Å². The number of carbonyl (C=O) groups is 1. The second kappa shape index (κ2) is 11.9. The van der Waals surface area contributed by atoms with Gasteiger partial charge in [0.15, 0.2) is 11.5 Å². The Hall–Kier alpha value is -2.87. The minimum atomic E-state index is -0.289. The van der Waals surface area contributed by atoms with E-state index in [1.165, 1.54) is 16.9 Å². The second-order valence-corrected chi connectivity index (χ2v) is 7.09. The van der Waals surface area contributed by atoms with Gasteiger partial charge in [-0.3, -0.25) is 10.2 Å². The number of ether oxygens (including phenoxy) is 3. The van der Waals surface area contributed by atoms with Crippen LogP contribution in [0.3, 0.4) is 0 Å². The van der Waals surface area contributed by atoms with Crippen LogP contribution in [0.4, 0.5) is 5.13 Å². The lowest BCUT2D eigenvalue weighted by atomic mass is 10.2. The number of hydrazone groups is 1. The van der Waals surface area contributed by atoms with Crippen LogP contribution in [0.5, 0.6) is 11.5 Å². The molecule has 0 aliphatic heterocycles. The van der Waals surface area contributed by atoms with Gasteiger partial charge in [-0.1, -0.05) is 5.57 Å². The molecule has 2 rings (SSSR count). The zero-order valence-corrected chi connectivity index (χ0v) is 18.0. The van der Waals surface area contributed by atoms with Gasteiger partial charge in [-0.2, -0.15) is 5.10 Å². The first-order chi connectivity index (χ1) is 14.0. The predicted octanol–water partition coefficient (Wildman–Crippen LogP) is 4.44. The third-order valence-electron chi connectivity index (χ3n) is 3.55. The number of allylic oxidation sites excluding steroid dienone is 1. The largest absolute Gasteiger partial charge is 0.490 e. The zero-order chi connectivity index (χ0) is 21.1. The predicted molar refractivity (Wildman–Crippen MR) is 116 cm³/mol. The Morgan fingerprint density at radius 1 is 1.21 bits per heavy atom. The molecule has 0 atom stereocenters. The maximum atomic E-state index is 11.5. The number of carbonyl (C=O) groups excluding carboxylic acids is 1. The summed E-state index contributed by atoms with van der Waals surface area (Å²) in [6.07, 6.45) is 3.84. The van der Waals surface area contributed by atoms with Crippen molar-refractivity contribution in [2.24, 2.45) is 5.10 Å². The van der Waals surface area contributed by atoms with E-state index in [0.717, 1.165) is 5.56 Å². The number of hydrogen-bond acceptors (Lipinski definition) is 8. The summed E-state index contributed by atoms with van der Waals surface area (Å²) in [4.78, 5) is 15.8. The van der Waals surface area contributed by atoms with Gasteiger partial charge in [0.1, 0.15) is 6.61 Å². The number of anilines is 1. The Kier molecular flexibility index (Phi) is 9.17. The number of hydrogen-bond donors (Lipinski definition) is 1. The Morgan fingerprint density at radius 3 is 2.76 bits per heavy atom. The van der Waals surface area contributed by atoms with E-state index in [-0.39, 0.29) is 12.4 Å². The molecular weight excluding hydrogens is 390 g/mol. The molecule has 0 amide bonds. The van der Waals surface area contributed by atoms with Gasteiger partial charge in [0, 0.05) is 5.38 Å². The maximum absolute atomic E-state index is 11.5. The molecule has 2 aromatic rings. The number of thiazole rings is 1. The Morgan fingerprint density at radius 2 is 2.03 bits per heavy atom. The fourth-order valence-corrected chi connectivity index (χ4v) is 2.91. The number of nitrogens with one attached hydrogen (secondary N) is 1. The van der Waals surface area contributed by atoms with Crippen molar-refractivity contribution in [3.05, 3.63) is 46.5 Å². The van der Waals surface area contributed by atoms with Crippen molar-refractivity contribution in [2.75, 3.05) is 25.2 Å². The number of rotatable bonds is 11. The minimum Gasteiger partial charge on any atom is -0.490 e. The molecule has 7 nitrogen and oxygen atoms in total. The topological polar surface area (TPSA) is 82.0 Å². The fourth-order valence-electron chi connectivity index (χ4n) is 2.25. The van der Waals surface area contributed by atoms with Crippen molar-refractivity contribution in [1.82, 2.24) is 4.98 Å². The summed E-state index contributed by atoms with van der Waals surface area (Å²) in [5, 5.41) is 6.62. The van der Waals surface area contributed by atoms with Crippen LogP contribution in [0.25, 0.3) is 0 Å². The summed E-state index contributed by atoms with van der Waals surface area (Å²) in [5.41, 5.74) is 5.59. The summed E-state index contributed by atoms with van der Waals surface area (Å²) < 4.78 is 16.4. The molecule has 29 heavy (non-hydrogen) atoms. The first-order valence-electron chi connectivity index (χ1n) is 9.43. The van der Waals surface area contributed by atoms with E-state index < -0.39 is 0 Å². The van der Waals surface area contributed by atoms with Gasteiger partial charge in [-0.15, -0.1) is 11.3 Å². The fraction of sp³-hybridized carbons (Fsp3) is 0.381. The molecule has 0 saturated heterocycles. The SMILES string of the molecule is CCOC(=O)Cc1csc(NN=Cc2ccc(OCC=C(C)C)c(OCC)c2)n1. The number of esters is 1. The van der Waals surface area contributed by atoms with Crippen LogP contribution >= 0.6 is 11.3 Å². The molecule has 1 N–H and O–H groups in total. The highest BCUT2D eigenvalue weighted by Gasteiger charge is 2.08. The van der Waals surface area contributed by atoms with E-state index in [1.54, 1.807) is 18.5 Å². The van der Waals surface area contributed by atoms with Gasteiger partial charge in [0.05, 0.1) is 31.5 Å². The Labute approximate surface area is 175 Å². The molecule has 0 saturated carbocycles. The average molecular weight is 418 g/mol. The summed E-state index contributed by atoms with van der Waals surface area (Å²) >= 11 is 1.38. The average Bonchev–Trinajstić information content (AvgIpc) is 3.10. The number of nitrogens with zero attached hydrogens (tertiary/aromatic N) is 2. The number of benzene rings is 1. The molecule has 0 aliphatic rings. The lowest BCUT2D eigenvalue weighted by Crippen LogP contribution is -2.07. The summed E-state index contributed by atoms with van der Waals surface area (Å²) in [7, 11) is 0. The quantitative estimate of drug-likeness (QED) is 0.252. The van der Waals surface area contributed by atoms with Gasteiger partial charge in [-0.05, 0) is 57.5 Å². The lowest BCUT2D eigenvalue weighted by Gasteiger charge is -2.11. The lowest BCUT2D eigenvalue weighted by molar-refractivity contribution is -0.142. The van der Waals surface area contributed by atoms with Crippen LogP contribution < -0.4 is 14.9 Å². The van der Waals surface area contributed by atoms with Crippen LogP contribution in [0.2, 0.25) is 0 Å².